The first-order valence-corrected chi connectivity index (χ1v) is 10.3. The van der Waals surface area contributed by atoms with Crippen LogP contribution in [-0.2, 0) is 10.0 Å². The monoisotopic (exact) mass is 412 g/mol. The Kier molecular flexibility index (Phi) is 4.81. The third-order valence-electron chi connectivity index (χ3n) is 4.72. The van der Waals surface area contributed by atoms with Crippen molar-refractivity contribution in [2.24, 2.45) is 0 Å². The lowest BCUT2D eigenvalue weighted by atomic mass is 9.94. The Labute approximate surface area is 167 Å². The van der Waals surface area contributed by atoms with E-state index in [0.29, 0.717) is 11.5 Å². The van der Waals surface area contributed by atoms with Gasteiger partial charge in [0.1, 0.15) is 17.3 Å². The molecule has 3 aromatic carbocycles. The molecule has 4 rings (SSSR count). The van der Waals surface area contributed by atoms with Crippen molar-refractivity contribution in [3.05, 3.63) is 89.2 Å². The maximum absolute atomic E-state index is 14.4. The third kappa shape index (κ3) is 3.48. The Bertz CT molecular complexity index is 1170. The standard InChI is InChI=1S/C21H17FN2O4S/c1-23-29(26,27)13-10-11-17(22)16(12-13)21(25)24-20-14-6-2-4-8-18(14)28-19-9-5-3-7-15(19)20/h2-12,20,23H,1H3,(H,24,25). The van der Waals surface area contributed by atoms with Crippen LogP contribution in [-0.4, -0.2) is 21.4 Å². The lowest BCUT2D eigenvalue weighted by Crippen LogP contribution is -2.32. The van der Waals surface area contributed by atoms with E-state index in [9.17, 15) is 17.6 Å². The van der Waals surface area contributed by atoms with Crippen LogP contribution in [0.5, 0.6) is 11.5 Å². The number of fused-ring (bicyclic) bond motifs is 2. The zero-order valence-electron chi connectivity index (χ0n) is 15.3. The molecule has 0 spiro atoms. The molecular formula is C21H17FN2O4S. The second-order valence-corrected chi connectivity index (χ2v) is 8.32. The highest BCUT2D eigenvalue weighted by molar-refractivity contribution is 7.89. The van der Waals surface area contributed by atoms with E-state index in [1.165, 1.54) is 7.05 Å². The first-order valence-electron chi connectivity index (χ1n) is 8.80. The number of amides is 1. The molecule has 6 nitrogen and oxygen atoms in total. The number of nitrogens with one attached hydrogen (secondary N) is 2. The Morgan fingerprint density at radius 3 is 2.14 bits per heavy atom. The summed E-state index contributed by atoms with van der Waals surface area (Å²) < 4.78 is 46.4. The molecule has 0 aromatic heterocycles. The number of hydrogen-bond acceptors (Lipinski definition) is 4. The maximum Gasteiger partial charge on any atom is 0.255 e. The van der Waals surface area contributed by atoms with Crippen LogP contribution in [0.4, 0.5) is 4.39 Å². The number of para-hydroxylation sites is 2. The molecule has 1 aliphatic rings. The summed E-state index contributed by atoms with van der Waals surface area (Å²) in [6.45, 7) is 0. The van der Waals surface area contributed by atoms with E-state index in [0.717, 1.165) is 29.3 Å². The van der Waals surface area contributed by atoms with Gasteiger partial charge in [0, 0.05) is 11.1 Å². The molecule has 0 atom stereocenters. The molecule has 0 bridgehead atoms. The average Bonchev–Trinajstić information content (AvgIpc) is 2.73. The quantitative estimate of drug-likeness (QED) is 0.688. The number of rotatable bonds is 4. The number of ether oxygens (including phenoxy) is 1. The molecule has 3 aromatic rings. The van der Waals surface area contributed by atoms with Crippen molar-refractivity contribution >= 4 is 15.9 Å². The van der Waals surface area contributed by atoms with Gasteiger partial charge in [0.25, 0.3) is 5.91 Å². The van der Waals surface area contributed by atoms with Crippen LogP contribution in [0.25, 0.3) is 0 Å². The van der Waals surface area contributed by atoms with Crippen molar-refractivity contribution in [2.45, 2.75) is 10.9 Å². The van der Waals surface area contributed by atoms with Gasteiger partial charge >= 0.3 is 0 Å². The fourth-order valence-corrected chi connectivity index (χ4v) is 3.99. The molecule has 1 heterocycles. The summed E-state index contributed by atoms with van der Waals surface area (Å²) in [5, 5.41) is 2.81. The average molecular weight is 412 g/mol. The van der Waals surface area contributed by atoms with Crippen LogP contribution in [0, 0.1) is 5.82 Å². The van der Waals surface area contributed by atoms with Crippen LogP contribution < -0.4 is 14.8 Å². The summed E-state index contributed by atoms with van der Waals surface area (Å²) in [4.78, 5) is 12.7. The minimum Gasteiger partial charge on any atom is -0.457 e. The molecule has 0 saturated heterocycles. The number of hydrogen-bond donors (Lipinski definition) is 2. The largest absolute Gasteiger partial charge is 0.457 e. The van der Waals surface area contributed by atoms with E-state index in [-0.39, 0.29) is 10.5 Å². The van der Waals surface area contributed by atoms with Crippen LogP contribution in [0.15, 0.2) is 71.6 Å². The van der Waals surface area contributed by atoms with Crippen molar-refractivity contribution in [2.75, 3.05) is 7.05 Å². The second-order valence-electron chi connectivity index (χ2n) is 6.43. The van der Waals surface area contributed by atoms with E-state index >= 15 is 0 Å². The third-order valence-corrected chi connectivity index (χ3v) is 6.13. The van der Waals surface area contributed by atoms with Gasteiger partial charge in [0.05, 0.1) is 16.5 Å². The molecule has 0 unspecified atom stereocenters. The summed E-state index contributed by atoms with van der Waals surface area (Å²) in [7, 11) is -2.57. The van der Waals surface area contributed by atoms with Gasteiger partial charge in [-0.15, -0.1) is 0 Å². The second kappa shape index (κ2) is 7.31. The lowest BCUT2D eigenvalue weighted by molar-refractivity contribution is 0.0937. The molecule has 29 heavy (non-hydrogen) atoms. The topological polar surface area (TPSA) is 84.5 Å². The van der Waals surface area contributed by atoms with Gasteiger partial charge in [-0.25, -0.2) is 17.5 Å². The molecule has 1 amide bonds. The van der Waals surface area contributed by atoms with Gasteiger partial charge in [-0.3, -0.25) is 4.79 Å². The summed E-state index contributed by atoms with van der Waals surface area (Å²) in [6, 6.07) is 17.0. The molecule has 0 radical (unpaired) electrons. The highest BCUT2D eigenvalue weighted by Gasteiger charge is 2.29. The summed E-state index contributed by atoms with van der Waals surface area (Å²) >= 11 is 0. The van der Waals surface area contributed by atoms with Gasteiger partial charge in [0.2, 0.25) is 10.0 Å². The van der Waals surface area contributed by atoms with Crippen molar-refractivity contribution in [1.82, 2.24) is 10.0 Å². The molecular weight excluding hydrogens is 395 g/mol. The fraction of sp³-hybridized carbons (Fsp3) is 0.0952. The van der Waals surface area contributed by atoms with Crippen molar-refractivity contribution in [1.29, 1.82) is 0 Å². The van der Waals surface area contributed by atoms with Crippen molar-refractivity contribution < 1.29 is 22.3 Å². The van der Waals surface area contributed by atoms with E-state index in [1.54, 1.807) is 12.1 Å². The Balaban J connectivity index is 1.74. The van der Waals surface area contributed by atoms with Crippen LogP contribution in [0.1, 0.15) is 27.5 Å². The Morgan fingerprint density at radius 2 is 1.55 bits per heavy atom. The zero-order valence-corrected chi connectivity index (χ0v) is 16.2. The first kappa shape index (κ1) is 19.1. The number of halogens is 1. The Hall–Kier alpha value is -3.23. The highest BCUT2D eigenvalue weighted by Crippen LogP contribution is 2.42. The molecule has 2 N–H and O–H groups in total. The maximum atomic E-state index is 14.4. The predicted octanol–water partition coefficient (Wildman–Crippen LogP) is 3.36. The van der Waals surface area contributed by atoms with Gasteiger partial charge in [-0.1, -0.05) is 36.4 Å². The van der Waals surface area contributed by atoms with Gasteiger partial charge in [-0.2, -0.15) is 0 Å². The lowest BCUT2D eigenvalue weighted by Gasteiger charge is -2.28. The number of benzene rings is 3. The number of carbonyl (C=O) groups is 1. The van der Waals surface area contributed by atoms with Gasteiger partial charge in [-0.05, 0) is 37.4 Å². The number of sulfonamides is 1. The van der Waals surface area contributed by atoms with Crippen LogP contribution in [0.2, 0.25) is 0 Å². The first-order chi connectivity index (χ1) is 13.9. The summed E-state index contributed by atoms with van der Waals surface area (Å²) in [6.07, 6.45) is 0. The minimum atomic E-state index is -3.82. The normalized spacial score (nSPS) is 13.2. The zero-order chi connectivity index (χ0) is 20.6. The molecule has 1 aliphatic heterocycles. The number of carbonyl (C=O) groups excluding carboxylic acids is 1. The Morgan fingerprint density at radius 1 is 0.966 bits per heavy atom. The van der Waals surface area contributed by atoms with Crippen LogP contribution in [0.3, 0.4) is 0 Å². The molecule has 148 valence electrons. The summed E-state index contributed by atoms with van der Waals surface area (Å²) in [5.41, 5.74) is 1.08. The van der Waals surface area contributed by atoms with Gasteiger partial charge in [0.15, 0.2) is 0 Å². The van der Waals surface area contributed by atoms with E-state index in [4.69, 9.17) is 4.74 Å². The highest BCUT2D eigenvalue weighted by atomic mass is 32.2. The predicted molar refractivity (Wildman–Crippen MR) is 105 cm³/mol. The SMILES string of the molecule is CNS(=O)(=O)c1ccc(F)c(C(=O)NC2c3ccccc3Oc3ccccc32)c1. The smallest absolute Gasteiger partial charge is 0.255 e. The molecule has 0 saturated carbocycles. The van der Waals surface area contributed by atoms with E-state index in [2.05, 4.69) is 10.0 Å². The fourth-order valence-electron chi connectivity index (χ4n) is 3.24. The van der Waals surface area contributed by atoms with Gasteiger partial charge < -0.3 is 10.1 Å². The van der Waals surface area contributed by atoms with E-state index in [1.807, 2.05) is 36.4 Å². The van der Waals surface area contributed by atoms with Crippen molar-refractivity contribution in [3.63, 3.8) is 0 Å². The molecule has 0 fully saturated rings. The van der Waals surface area contributed by atoms with Crippen molar-refractivity contribution in [3.8, 4) is 11.5 Å². The molecule has 0 aliphatic carbocycles. The molecule has 8 heteroatoms. The summed E-state index contributed by atoms with van der Waals surface area (Å²) in [5.74, 6) is -0.370. The minimum absolute atomic E-state index is 0.195. The van der Waals surface area contributed by atoms with E-state index < -0.39 is 27.8 Å². The van der Waals surface area contributed by atoms with Crippen LogP contribution >= 0.6 is 0 Å².